The zero-order valence-electron chi connectivity index (χ0n) is 15.2. The molecule has 3 rings (SSSR count). The van der Waals surface area contributed by atoms with Crippen molar-refractivity contribution in [1.29, 1.82) is 0 Å². The first-order valence-corrected chi connectivity index (χ1v) is 9.09. The molecular weight excluding hydrogens is 328 g/mol. The maximum absolute atomic E-state index is 12.0. The van der Waals surface area contributed by atoms with Gasteiger partial charge >= 0.3 is 6.03 Å². The van der Waals surface area contributed by atoms with Gasteiger partial charge in [0.25, 0.3) is 0 Å². The Morgan fingerprint density at radius 3 is 2.42 bits per heavy atom. The Balaban J connectivity index is 1.46. The molecule has 0 spiro atoms. The average molecular weight is 354 g/mol. The lowest BCUT2D eigenvalue weighted by Crippen LogP contribution is -2.34. The van der Waals surface area contributed by atoms with Crippen LogP contribution in [0.15, 0.2) is 42.6 Å². The van der Waals surface area contributed by atoms with Crippen LogP contribution in [0.3, 0.4) is 0 Å². The number of aromatic nitrogens is 1. The first kappa shape index (κ1) is 18.0. The number of benzene rings is 1. The molecule has 6 heteroatoms. The van der Waals surface area contributed by atoms with Gasteiger partial charge in [0, 0.05) is 32.4 Å². The quantitative estimate of drug-likeness (QED) is 0.837. The Kier molecular flexibility index (Phi) is 6.30. The van der Waals surface area contributed by atoms with Crippen LogP contribution in [0.2, 0.25) is 0 Å². The van der Waals surface area contributed by atoms with Crippen LogP contribution in [-0.2, 0) is 13.1 Å². The lowest BCUT2D eigenvalue weighted by atomic mass is 10.1. The van der Waals surface area contributed by atoms with Crippen LogP contribution in [0.4, 0.5) is 10.6 Å². The summed E-state index contributed by atoms with van der Waals surface area (Å²) in [6.45, 7) is 3.08. The maximum atomic E-state index is 12.0. The molecule has 138 valence electrons. The Hall–Kier alpha value is -2.76. The SMILES string of the molecule is COc1ccc(CNC(=O)NCc2ccnc(N3CCCCC3)c2)cc1. The normalized spacial score (nSPS) is 14.0. The molecule has 0 saturated carbocycles. The molecule has 0 radical (unpaired) electrons. The van der Waals surface area contributed by atoms with Crippen molar-refractivity contribution in [2.75, 3.05) is 25.1 Å². The van der Waals surface area contributed by atoms with Crippen molar-refractivity contribution >= 4 is 11.8 Å². The molecule has 1 aromatic carbocycles. The molecule has 2 N–H and O–H groups in total. The molecule has 1 aromatic heterocycles. The molecule has 26 heavy (non-hydrogen) atoms. The highest BCUT2D eigenvalue weighted by Crippen LogP contribution is 2.18. The van der Waals surface area contributed by atoms with Crippen molar-refractivity contribution in [3.63, 3.8) is 0 Å². The van der Waals surface area contributed by atoms with Gasteiger partial charge in [0.05, 0.1) is 7.11 Å². The standard InChI is InChI=1S/C20H26N4O2/c1-26-18-7-5-16(6-8-18)14-22-20(25)23-15-17-9-10-21-19(13-17)24-11-3-2-4-12-24/h5-10,13H,2-4,11-12,14-15H2,1H3,(H2,22,23,25). The summed E-state index contributed by atoms with van der Waals surface area (Å²) in [6.07, 6.45) is 5.55. The van der Waals surface area contributed by atoms with Crippen molar-refractivity contribution < 1.29 is 9.53 Å². The van der Waals surface area contributed by atoms with E-state index in [2.05, 4.69) is 26.6 Å². The van der Waals surface area contributed by atoms with Crippen LogP contribution in [0.25, 0.3) is 0 Å². The van der Waals surface area contributed by atoms with E-state index in [-0.39, 0.29) is 6.03 Å². The molecule has 1 aliphatic rings. The van der Waals surface area contributed by atoms with Crippen LogP contribution >= 0.6 is 0 Å². The van der Waals surface area contributed by atoms with Gasteiger partial charge in [-0.25, -0.2) is 9.78 Å². The van der Waals surface area contributed by atoms with E-state index in [1.54, 1.807) is 7.11 Å². The average Bonchev–Trinajstić information content (AvgIpc) is 2.72. The zero-order chi connectivity index (χ0) is 18.2. The number of piperidine rings is 1. The summed E-state index contributed by atoms with van der Waals surface area (Å²) < 4.78 is 5.13. The summed E-state index contributed by atoms with van der Waals surface area (Å²) in [7, 11) is 1.64. The van der Waals surface area contributed by atoms with Gasteiger partial charge in [-0.15, -0.1) is 0 Å². The number of methoxy groups -OCH3 is 1. The highest BCUT2D eigenvalue weighted by molar-refractivity contribution is 5.73. The van der Waals surface area contributed by atoms with E-state index in [0.29, 0.717) is 13.1 Å². The fourth-order valence-electron chi connectivity index (χ4n) is 3.04. The number of nitrogens with zero attached hydrogens (tertiary/aromatic N) is 2. The number of rotatable bonds is 6. The molecule has 2 amide bonds. The van der Waals surface area contributed by atoms with E-state index in [0.717, 1.165) is 35.8 Å². The number of amides is 2. The van der Waals surface area contributed by atoms with E-state index in [1.165, 1.54) is 19.3 Å². The third kappa shape index (κ3) is 5.12. The van der Waals surface area contributed by atoms with Gasteiger partial charge in [-0.3, -0.25) is 0 Å². The van der Waals surface area contributed by atoms with Gasteiger partial charge in [0.2, 0.25) is 0 Å². The molecule has 0 aliphatic carbocycles. The second-order valence-electron chi connectivity index (χ2n) is 6.45. The number of ether oxygens (including phenoxy) is 1. The van der Waals surface area contributed by atoms with Gasteiger partial charge in [0.1, 0.15) is 11.6 Å². The van der Waals surface area contributed by atoms with E-state index in [4.69, 9.17) is 4.74 Å². The van der Waals surface area contributed by atoms with E-state index >= 15 is 0 Å². The number of pyridine rings is 1. The number of carbonyl (C=O) groups is 1. The van der Waals surface area contributed by atoms with Crippen LogP contribution in [0.1, 0.15) is 30.4 Å². The Morgan fingerprint density at radius 2 is 1.73 bits per heavy atom. The lowest BCUT2D eigenvalue weighted by molar-refractivity contribution is 0.240. The number of hydrogen-bond acceptors (Lipinski definition) is 4. The van der Waals surface area contributed by atoms with Crippen LogP contribution in [-0.4, -0.2) is 31.2 Å². The van der Waals surface area contributed by atoms with Crippen molar-refractivity contribution in [3.05, 3.63) is 53.7 Å². The van der Waals surface area contributed by atoms with Crippen LogP contribution in [0.5, 0.6) is 5.75 Å². The van der Waals surface area contributed by atoms with Gasteiger partial charge in [-0.05, 0) is 54.7 Å². The van der Waals surface area contributed by atoms with Gasteiger partial charge in [-0.2, -0.15) is 0 Å². The minimum atomic E-state index is -0.183. The molecule has 0 unspecified atom stereocenters. The number of nitrogens with one attached hydrogen (secondary N) is 2. The molecule has 2 heterocycles. The van der Waals surface area contributed by atoms with Crippen molar-refractivity contribution in [2.24, 2.45) is 0 Å². The highest BCUT2D eigenvalue weighted by atomic mass is 16.5. The molecule has 2 aromatic rings. The number of anilines is 1. The molecule has 1 fully saturated rings. The van der Waals surface area contributed by atoms with Crippen molar-refractivity contribution in [2.45, 2.75) is 32.4 Å². The molecule has 6 nitrogen and oxygen atoms in total. The van der Waals surface area contributed by atoms with E-state index < -0.39 is 0 Å². The van der Waals surface area contributed by atoms with E-state index in [1.807, 2.05) is 36.5 Å². The predicted octanol–water partition coefficient (Wildman–Crippen LogP) is 3.08. The summed E-state index contributed by atoms with van der Waals surface area (Å²) in [5, 5.41) is 5.77. The third-order valence-electron chi connectivity index (χ3n) is 4.56. The number of carbonyl (C=O) groups excluding carboxylic acids is 1. The smallest absolute Gasteiger partial charge is 0.315 e. The van der Waals surface area contributed by atoms with Crippen molar-refractivity contribution in [1.82, 2.24) is 15.6 Å². The first-order chi connectivity index (χ1) is 12.7. The molecule has 1 saturated heterocycles. The van der Waals surface area contributed by atoms with Crippen LogP contribution < -0.4 is 20.3 Å². The maximum Gasteiger partial charge on any atom is 0.315 e. The topological polar surface area (TPSA) is 66.5 Å². The fraction of sp³-hybridized carbons (Fsp3) is 0.400. The Morgan fingerprint density at radius 1 is 1.04 bits per heavy atom. The van der Waals surface area contributed by atoms with Crippen LogP contribution in [0, 0.1) is 0 Å². The largest absolute Gasteiger partial charge is 0.497 e. The third-order valence-corrected chi connectivity index (χ3v) is 4.56. The van der Waals surface area contributed by atoms with Gasteiger partial charge in [-0.1, -0.05) is 12.1 Å². The lowest BCUT2D eigenvalue weighted by Gasteiger charge is -2.27. The summed E-state index contributed by atoms with van der Waals surface area (Å²) in [4.78, 5) is 18.8. The zero-order valence-corrected chi connectivity index (χ0v) is 15.2. The minimum absolute atomic E-state index is 0.183. The fourth-order valence-corrected chi connectivity index (χ4v) is 3.04. The number of urea groups is 1. The summed E-state index contributed by atoms with van der Waals surface area (Å²) >= 11 is 0. The first-order valence-electron chi connectivity index (χ1n) is 9.09. The second-order valence-corrected chi connectivity index (χ2v) is 6.45. The predicted molar refractivity (Wildman–Crippen MR) is 102 cm³/mol. The molecule has 1 aliphatic heterocycles. The molecular formula is C20H26N4O2. The molecule has 0 bridgehead atoms. The number of hydrogen-bond donors (Lipinski definition) is 2. The minimum Gasteiger partial charge on any atom is -0.497 e. The van der Waals surface area contributed by atoms with Crippen molar-refractivity contribution in [3.8, 4) is 5.75 Å². The summed E-state index contributed by atoms with van der Waals surface area (Å²) in [5.74, 6) is 1.81. The molecule has 0 atom stereocenters. The monoisotopic (exact) mass is 354 g/mol. The highest BCUT2D eigenvalue weighted by Gasteiger charge is 2.12. The van der Waals surface area contributed by atoms with Gasteiger partial charge in [0.15, 0.2) is 0 Å². The second kappa shape index (κ2) is 9.08. The Labute approximate surface area is 154 Å². The summed E-state index contributed by atoms with van der Waals surface area (Å²) in [5.41, 5.74) is 2.08. The summed E-state index contributed by atoms with van der Waals surface area (Å²) in [6, 6.07) is 11.5. The van der Waals surface area contributed by atoms with Gasteiger partial charge < -0.3 is 20.3 Å². The Bertz CT molecular complexity index is 712. The van der Waals surface area contributed by atoms with E-state index in [9.17, 15) is 4.79 Å².